The Morgan fingerprint density at radius 3 is 2.60 bits per heavy atom. The predicted octanol–water partition coefficient (Wildman–Crippen LogP) is 1.77. The van der Waals surface area contributed by atoms with E-state index in [0.717, 1.165) is 5.92 Å². The Balaban J connectivity index is 2.19. The summed E-state index contributed by atoms with van der Waals surface area (Å²) in [6, 6.07) is 0. The summed E-state index contributed by atoms with van der Waals surface area (Å²) in [5, 5.41) is 4.02. The number of rotatable bonds is 2. The molecule has 0 unspecified atom stereocenters. The molecule has 0 bridgehead atoms. The Kier molecular flexibility index (Phi) is 3.27. The first-order chi connectivity index (χ1) is 4.93. The lowest BCUT2D eigenvalue weighted by Gasteiger charge is -2.16. The quantitative estimate of drug-likeness (QED) is 0.459. The van der Waals surface area contributed by atoms with Gasteiger partial charge in [0.25, 0.3) is 0 Å². The molecule has 0 aromatic heterocycles. The van der Waals surface area contributed by atoms with E-state index in [4.69, 9.17) is 0 Å². The maximum absolute atomic E-state index is 4.02. The standard InChI is InChI=1S/C8H16N2/c1-9-10-7-8-5-3-2-4-6-8/h7-9H,2-6H2,1H3. The predicted molar refractivity (Wildman–Crippen MR) is 44.1 cm³/mol. The van der Waals surface area contributed by atoms with Crippen LogP contribution in [0.1, 0.15) is 32.1 Å². The Morgan fingerprint density at radius 1 is 1.30 bits per heavy atom. The molecule has 0 saturated heterocycles. The van der Waals surface area contributed by atoms with Gasteiger partial charge >= 0.3 is 0 Å². The van der Waals surface area contributed by atoms with Crippen molar-refractivity contribution in [3.05, 3.63) is 0 Å². The summed E-state index contributed by atoms with van der Waals surface area (Å²) in [6.45, 7) is 0. The van der Waals surface area contributed by atoms with E-state index in [1.54, 1.807) is 0 Å². The summed E-state index contributed by atoms with van der Waals surface area (Å²) in [5.41, 5.74) is 2.78. The third-order valence-corrected chi connectivity index (χ3v) is 2.06. The van der Waals surface area contributed by atoms with E-state index in [0.29, 0.717) is 0 Å². The second-order valence-corrected chi connectivity index (χ2v) is 2.90. The second-order valence-electron chi connectivity index (χ2n) is 2.90. The zero-order valence-electron chi connectivity index (χ0n) is 6.64. The van der Waals surface area contributed by atoms with Gasteiger partial charge in [-0.05, 0) is 18.8 Å². The van der Waals surface area contributed by atoms with Crippen LogP contribution in [-0.2, 0) is 0 Å². The number of hydrogen-bond acceptors (Lipinski definition) is 2. The molecule has 0 aromatic carbocycles. The first-order valence-corrected chi connectivity index (χ1v) is 4.13. The Bertz CT molecular complexity index is 104. The molecule has 1 aliphatic carbocycles. The summed E-state index contributed by atoms with van der Waals surface area (Å²) in [4.78, 5) is 0. The molecule has 58 valence electrons. The van der Waals surface area contributed by atoms with Crippen LogP contribution in [0.15, 0.2) is 5.10 Å². The van der Waals surface area contributed by atoms with Gasteiger partial charge in [0, 0.05) is 13.3 Å². The molecule has 1 fully saturated rings. The minimum absolute atomic E-state index is 0.751. The van der Waals surface area contributed by atoms with Crippen LogP contribution in [0.3, 0.4) is 0 Å². The van der Waals surface area contributed by atoms with Crippen molar-refractivity contribution in [1.29, 1.82) is 0 Å². The monoisotopic (exact) mass is 140 g/mol. The Labute approximate surface area is 62.7 Å². The fourth-order valence-corrected chi connectivity index (χ4v) is 1.46. The van der Waals surface area contributed by atoms with Gasteiger partial charge in [-0.1, -0.05) is 19.3 Å². The van der Waals surface area contributed by atoms with Crippen LogP contribution < -0.4 is 5.43 Å². The number of hydrazone groups is 1. The Morgan fingerprint density at radius 2 is 2.00 bits per heavy atom. The van der Waals surface area contributed by atoms with E-state index >= 15 is 0 Å². The van der Waals surface area contributed by atoms with Crippen LogP contribution in [0.2, 0.25) is 0 Å². The highest BCUT2D eigenvalue weighted by Gasteiger charge is 2.09. The van der Waals surface area contributed by atoms with E-state index in [2.05, 4.69) is 16.7 Å². The van der Waals surface area contributed by atoms with Gasteiger partial charge in [0.1, 0.15) is 0 Å². The first-order valence-electron chi connectivity index (χ1n) is 4.13. The number of hydrogen-bond donors (Lipinski definition) is 1. The second kappa shape index (κ2) is 4.31. The smallest absolute Gasteiger partial charge is 0.0273 e. The molecule has 0 aliphatic heterocycles. The van der Waals surface area contributed by atoms with Crippen LogP contribution in [-0.4, -0.2) is 13.3 Å². The van der Waals surface area contributed by atoms with Crippen LogP contribution in [0.4, 0.5) is 0 Å². The largest absolute Gasteiger partial charge is 0.313 e. The van der Waals surface area contributed by atoms with Crippen molar-refractivity contribution < 1.29 is 0 Å². The van der Waals surface area contributed by atoms with Crippen molar-refractivity contribution in [2.75, 3.05) is 7.05 Å². The van der Waals surface area contributed by atoms with E-state index in [-0.39, 0.29) is 0 Å². The molecule has 2 nitrogen and oxygen atoms in total. The normalized spacial score (nSPS) is 21.7. The topological polar surface area (TPSA) is 24.4 Å². The minimum atomic E-state index is 0.751. The van der Waals surface area contributed by atoms with Gasteiger partial charge in [0.05, 0.1) is 0 Å². The van der Waals surface area contributed by atoms with Gasteiger partial charge in [-0.15, -0.1) is 0 Å². The van der Waals surface area contributed by atoms with Crippen molar-refractivity contribution >= 4 is 6.21 Å². The third kappa shape index (κ3) is 2.38. The molecule has 0 aromatic rings. The molecule has 1 aliphatic rings. The molecule has 0 atom stereocenters. The molecule has 0 amide bonds. The van der Waals surface area contributed by atoms with E-state index < -0.39 is 0 Å². The highest BCUT2D eigenvalue weighted by atomic mass is 15.3. The highest BCUT2D eigenvalue weighted by molar-refractivity contribution is 5.60. The van der Waals surface area contributed by atoms with Crippen LogP contribution in [0.5, 0.6) is 0 Å². The van der Waals surface area contributed by atoms with Gasteiger partial charge in [-0.3, -0.25) is 0 Å². The lowest BCUT2D eigenvalue weighted by atomic mass is 9.90. The maximum Gasteiger partial charge on any atom is 0.0273 e. The number of nitrogens with zero attached hydrogens (tertiary/aromatic N) is 1. The van der Waals surface area contributed by atoms with Gasteiger partial charge in [0.2, 0.25) is 0 Å². The van der Waals surface area contributed by atoms with Crippen LogP contribution in [0, 0.1) is 5.92 Å². The van der Waals surface area contributed by atoms with E-state index in [1.165, 1.54) is 32.1 Å². The molecule has 0 radical (unpaired) electrons. The summed E-state index contributed by atoms with van der Waals surface area (Å²) in [6.07, 6.45) is 8.93. The van der Waals surface area contributed by atoms with Crippen molar-refractivity contribution in [1.82, 2.24) is 5.43 Å². The Hall–Kier alpha value is -0.530. The average molecular weight is 140 g/mol. The summed E-state index contributed by atoms with van der Waals surface area (Å²) >= 11 is 0. The molecule has 1 N–H and O–H groups in total. The average Bonchev–Trinajstić information content (AvgIpc) is 2.03. The maximum atomic E-state index is 4.02. The molecule has 0 heterocycles. The van der Waals surface area contributed by atoms with Gasteiger partial charge in [-0.2, -0.15) is 5.10 Å². The van der Waals surface area contributed by atoms with Gasteiger partial charge < -0.3 is 5.43 Å². The summed E-state index contributed by atoms with van der Waals surface area (Å²) in [5.74, 6) is 0.751. The zero-order chi connectivity index (χ0) is 7.23. The SMILES string of the molecule is CNN=CC1CCCCC1. The van der Waals surface area contributed by atoms with E-state index in [9.17, 15) is 0 Å². The molecular formula is C8H16N2. The highest BCUT2D eigenvalue weighted by Crippen LogP contribution is 2.21. The summed E-state index contributed by atoms with van der Waals surface area (Å²) in [7, 11) is 1.85. The lowest BCUT2D eigenvalue weighted by molar-refractivity contribution is 0.444. The lowest BCUT2D eigenvalue weighted by Crippen LogP contribution is -2.09. The number of nitrogens with one attached hydrogen (secondary N) is 1. The zero-order valence-corrected chi connectivity index (χ0v) is 6.64. The molecule has 1 rings (SSSR count). The van der Waals surface area contributed by atoms with Crippen molar-refractivity contribution in [2.45, 2.75) is 32.1 Å². The van der Waals surface area contributed by atoms with Crippen LogP contribution >= 0.6 is 0 Å². The van der Waals surface area contributed by atoms with Gasteiger partial charge in [-0.25, -0.2) is 0 Å². The summed E-state index contributed by atoms with van der Waals surface area (Å²) < 4.78 is 0. The molecule has 0 spiro atoms. The van der Waals surface area contributed by atoms with Crippen molar-refractivity contribution in [3.8, 4) is 0 Å². The molecular weight excluding hydrogens is 124 g/mol. The first kappa shape index (κ1) is 7.58. The van der Waals surface area contributed by atoms with Crippen molar-refractivity contribution in [2.24, 2.45) is 11.0 Å². The van der Waals surface area contributed by atoms with Crippen molar-refractivity contribution in [3.63, 3.8) is 0 Å². The minimum Gasteiger partial charge on any atom is -0.313 e. The third-order valence-electron chi connectivity index (χ3n) is 2.06. The van der Waals surface area contributed by atoms with E-state index in [1.807, 2.05) is 7.05 Å². The van der Waals surface area contributed by atoms with Gasteiger partial charge in [0.15, 0.2) is 0 Å². The van der Waals surface area contributed by atoms with Crippen LogP contribution in [0.25, 0.3) is 0 Å². The molecule has 10 heavy (non-hydrogen) atoms. The molecule has 2 heteroatoms. The molecule has 1 saturated carbocycles. The fourth-order valence-electron chi connectivity index (χ4n) is 1.46. The fraction of sp³-hybridized carbons (Fsp3) is 0.875.